The van der Waals surface area contributed by atoms with Gasteiger partial charge in [0.1, 0.15) is 12.4 Å². The van der Waals surface area contributed by atoms with Crippen LogP contribution in [0.25, 0.3) is 0 Å². The zero-order valence-electron chi connectivity index (χ0n) is 12.2. The van der Waals surface area contributed by atoms with E-state index in [9.17, 15) is 9.59 Å². The van der Waals surface area contributed by atoms with E-state index in [0.717, 1.165) is 13.0 Å². The van der Waals surface area contributed by atoms with E-state index in [1.165, 1.54) is 11.1 Å². The maximum Gasteiger partial charge on any atom is 0.256 e. The first kappa shape index (κ1) is 15.6. The van der Waals surface area contributed by atoms with Gasteiger partial charge >= 0.3 is 0 Å². The normalized spacial score (nSPS) is 15.3. The van der Waals surface area contributed by atoms with E-state index in [-0.39, 0.29) is 18.4 Å². The fourth-order valence-corrected chi connectivity index (χ4v) is 2.28. The highest BCUT2D eigenvalue weighted by Gasteiger charge is 2.26. The molecule has 0 radical (unpaired) electrons. The molecule has 0 aromatic carbocycles. The van der Waals surface area contributed by atoms with E-state index >= 15 is 0 Å². The molecular weight excluding hydrogens is 292 g/mol. The number of carbonyl (C=O) groups excluding carboxylic acids is 2. The van der Waals surface area contributed by atoms with Gasteiger partial charge in [0.15, 0.2) is 0 Å². The van der Waals surface area contributed by atoms with Crippen molar-refractivity contribution < 1.29 is 9.59 Å². The number of halogens is 1. The summed E-state index contributed by atoms with van der Waals surface area (Å²) in [6.07, 6.45) is 2.46. The Bertz CT molecular complexity index is 550. The summed E-state index contributed by atoms with van der Waals surface area (Å²) in [6, 6.07) is 1.59. The van der Waals surface area contributed by atoms with Crippen molar-refractivity contribution in [2.45, 2.75) is 13.3 Å². The van der Waals surface area contributed by atoms with Crippen molar-refractivity contribution >= 4 is 29.2 Å². The first-order valence-corrected chi connectivity index (χ1v) is 7.33. The molecule has 0 atom stereocenters. The Labute approximate surface area is 129 Å². The number of likely N-dealkylation sites (N-methyl/N-ethyl adjacent to an activating group) is 1. The Balaban J connectivity index is 2.09. The zero-order chi connectivity index (χ0) is 15.4. The maximum absolute atomic E-state index is 12.4. The second-order valence-corrected chi connectivity index (χ2v) is 5.43. The predicted molar refractivity (Wildman–Crippen MR) is 81.6 cm³/mol. The molecule has 0 aliphatic carbocycles. The molecule has 21 heavy (non-hydrogen) atoms. The summed E-state index contributed by atoms with van der Waals surface area (Å²) in [5.41, 5.74) is 0.402. The number of nitrogens with zero attached hydrogens (tertiary/aromatic N) is 3. The zero-order valence-corrected chi connectivity index (χ0v) is 13.0. The Morgan fingerprint density at radius 3 is 2.86 bits per heavy atom. The van der Waals surface area contributed by atoms with Gasteiger partial charge in [-0.15, -0.1) is 0 Å². The van der Waals surface area contributed by atoms with Gasteiger partial charge in [-0.1, -0.05) is 18.5 Å². The van der Waals surface area contributed by atoms with Gasteiger partial charge < -0.3 is 15.1 Å². The molecule has 1 aliphatic heterocycles. The van der Waals surface area contributed by atoms with Crippen LogP contribution < -0.4 is 5.32 Å². The van der Waals surface area contributed by atoms with Crippen molar-refractivity contribution in [2.75, 3.05) is 38.5 Å². The molecule has 1 saturated heterocycles. The van der Waals surface area contributed by atoms with Gasteiger partial charge in [-0.25, -0.2) is 4.98 Å². The van der Waals surface area contributed by atoms with Crippen LogP contribution in [0.4, 0.5) is 5.82 Å². The quantitative estimate of drug-likeness (QED) is 0.914. The molecule has 7 heteroatoms. The number of hydrogen-bond acceptors (Lipinski definition) is 4. The van der Waals surface area contributed by atoms with Crippen LogP contribution in [0, 0.1) is 0 Å². The molecule has 6 nitrogen and oxygen atoms in total. The lowest BCUT2D eigenvalue weighted by atomic mass is 10.2. The van der Waals surface area contributed by atoms with Crippen LogP contribution in [-0.2, 0) is 4.79 Å². The number of nitrogens with one attached hydrogen (secondary N) is 1. The Hall–Kier alpha value is -1.82. The van der Waals surface area contributed by atoms with E-state index in [4.69, 9.17) is 11.6 Å². The number of pyridine rings is 1. The molecule has 1 fully saturated rings. The van der Waals surface area contributed by atoms with Crippen LogP contribution >= 0.6 is 11.6 Å². The molecule has 1 aromatic rings. The van der Waals surface area contributed by atoms with E-state index in [1.54, 1.807) is 18.0 Å². The first-order valence-electron chi connectivity index (χ1n) is 6.95. The highest BCUT2D eigenvalue weighted by molar-refractivity contribution is 6.33. The molecule has 2 amide bonds. The minimum absolute atomic E-state index is 0.0603. The summed E-state index contributed by atoms with van der Waals surface area (Å²) in [5.74, 6) is 0.298. The monoisotopic (exact) mass is 310 g/mol. The van der Waals surface area contributed by atoms with Gasteiger partial charge in [0, 0.05) is 32.9 Å². The third-order valence-corrected chi connectivity index (χ3v) is 3.66. The third kappa shape index (κ3) is 3.64. The summed E-state index contributed by atoms with van der Waals surface area (Å²) in [4.78, 5) is 31.3. The number of aromatic nitrogens is 1. The fourth-order valence-electron chi connectivity index (χ4n) is 2.04. The molecule has 0 saturated carbocycles. The van der Waals surface area contributed by atoms with Crippen LogP contribution in [0.1, 0.15) is 23.7 Å². The standard InChI is InChI=1S/C14H19ClN4O2/c1-3-4-16-13-11(15)7-10(8-17-13)14(21)19-6-5-18(2)12(20)9-19/h7-8H,3-6,9H2,1-2H3,(H,16,17). The summed E-state index contributed by atoms with van der Waals surface area (Å²) in [7, 11) is 1.73. The molecule has 0 bridgehead atoms. The van der Waals surface area contributed by atoms with Crippen molar-refractivity contribution in [1.29, 1.82) is 0 Å². The van der Waals surface area contributed by atoms with Crippen LogP contribution in [0.2, 0.25) is 5.02 Å². The van der Waals surface area contributed by atoms with Crippen LogP contribution in [-0.4, -0.2) is 59.8 Å². The van der Waals surface area contributed by atoms with Crippen molar-refractivity contribution in [3.63, 3.8) is 0 Å². The van der Waals surface area contributed by atoms with Crippen molar-refractivity contribution in [1.82, 2.24) is 14.8 Å². The van der Waals surface area contributed by atoms with E-state index in [2.05, 4.69) is 10.3 Å². The van der Waals surface area contributed by atoms with Crippen molar-refractivity contribution in [2.24, 2.45) is 0 Å². The summed E-state index contributed by atoms with van der Waals surface area (Å²) < 4.78 is 0. The molecule has 1 aliphatic rings. The van der Waals surface area contributed by atoms with E-state index < -0.39 is 0 Å². The van der Waals surface area contributed by atoms with Gasteiger partial charge in [0.2, 0.25) is 5.91 Å². The highest BCUT2D eigenvalue weighted by Crippen LogP contribution is 2.21. The topological polar surface area (TPSA) is 65.5 Å². The number of amides is 2. The fraction of sp³-hybridized carbons (Fsp3) is 0.500. The van der Waals surface area contributed by atoms with Gasteiger partial charge in [-0.2, -0.15) is 0 Å². The minimum atomic E-state index is -0.215. The lowest BCUT2D eigenvalue weighted by Crippen LogP contribution is -2.50. The summed E-state index contributed by atoms with van der Waals surface area (Å²) >= 11 is 6.13. The van der Waals surface area contributed by atoms with Crippen molar-refractivity contribution in [3.8, 4) is 0 Å². The average Bonchev–Trinajstić information content (AvgIpc) is 2.48. The lowest BCUT2D eigenvalue weighted by Gasteiger charge is -2.32. The van der Waals surface area contributed by atoms with Crippen molar-refractivity contribution in [3.05, 3.63) is 22.8 Å². The number of anilines is 1. The number of carbonyl (C=O) groups is 2. The predicted octanol–water partition coefficient (Wildman–Crippen LogP) is 1.47. The second-order valence-electron chi connectivity index (χ2n) is 5.02. The lowest BCUT2D eigenvalue weighted by molar-refractivity contribution is -0.133. The Kier molecular flexibility index (Phi) is 5.01. The molecule has 1 N–H and O–H groups in total. The molecule has 0 unspecified atom stereocenters. The number of rotatable bonds is 4. The Morgan fingerprint density at radius 2 is 2.24 bits per heavy atom. The summed E-state index contributed by atoms with van der Waals surface area (Å²) in [5, 5.41) is 3.50. The average molecular weight is 311 g/mol. The van der Waals surface area contributed by atoms with Gasteiger partial charge in [0.25, 0.3) is 5.91 Å². The molecule has 2 rings (SSSR count). The molecule has 114 valence electrons. The van der Waals surface area contributed by atoms with Crippen LogP contribution in [0.5, 0.6) is 0 Å². The third-order valence-electron chi connectivity index (χ3n) is 3.37. The Morgan fingerprint density at radius 1 is 1.48 bits per heavy atom. The molecule has 0 spiro atoms. The first-order chi connectivity index (χ1) is 10.0. The number of piperazine rings is 1. The molecule has 2 heterocycles. The highest BCUT2D eigenvalue weighted by atomic mass is 35.5. The SMILES string of the molecule is CCCNc1ncc(C(=O)N2CCN(C)C(=O)C2)cc1Cl. The van der Waals surface area contributed by atoms with Crippen LogP contribution in [0.3, 0.4) is 0 Å². The van der Waals surface area contributed by atoms with Gasteiger partial charge in [-0.3, -0.25) is 9.59 Å². The number of hydrogen-bond donors (Lipinski definition) is 1. The molecular formula is C14H19ClN4O2. The van der Waals surface area contributed by atoms with E-state index in [0.29, 0.717) is 29.5 Å². The second kappa shape index (κ2) is 6.76. The molecule has 1 aromatic heterocycles. The maximum atomic E-state index is 12.4. The van der Waals surface area contributed by atoms with Crippen LogP contribution in [0.15, 0.2) is 12.3 Å². The van der Waals surface area contributed by atoms with Gasteiger partial charge in [0.05, 0.1) is 10.6 Å². The van der Waals surface area contributed by atoms with E-state index in [1.807, 2.05) is 6.92 Å². The largest absolute Gasteiger partial charge is 0.369 e. The minimum Gasteiger partial charge on any atom is -0.369 e. The smallest absolute Gasteiger partial charge is 0.256 e. The summed E-state index contributed by atoms with van der Waals surface area (Å²) in [6.45, 7) is 3.98. The van der Waals surface area contributed by atoms with Gasteiger partial charge in [-0.05, 0) is 12.5 Å².